The van der Waals surface area contributed by atoms with Crippen LogP contribution in [0.4, 0.5) is 0 Å². The lowest BCUT2D eigenvalue weighted by Gasteiger charge is -2.24. The topological polar surface area (TPSA) is 26.3 Å². The van der Waals surface area contributed by atoms with Gasteiger partial charge in [-0.3, -0.25) is 4.79 Å². The SMILES string of the molecule is CO/C=C1/CCCCC1CCC(=O)c1ccc(Cl)cc1. The van der Waals surface area contributed by atoms with E-state index in [1.165, 1.54) is 24.8 Å². The Morgan fingerprint density at radius 1 is 1.35 bits per heavy atom. The predicted molar refractivity (Wildman–Crippen MR) is 82.1 cm³/mol. The molecule has 0 amide bonds. The van der Waals surface area contributed by atoms with E-state index in [-0.39, 0.29) is 5.78 Å². The third-order valence-corrected chi connectivity index (χ3v) is 4.20. The maximum Gasteiger partial charge on any atom is 0.162 e. The van der Waals surface area contributed by atoms with E-state index in [0.717, 1.165) is 18.4 Å². The van der Waals surface area contributed by atoms with E-state index < -0.39 is 0 Å². The Morgan fingerprint density at radius 3 is 2.80 bits per heavy atom. The van der Waals surface area contributed by atoms with Crippen molar-refractivity contribution in [3.63, 3.8) is 0 Å². The first kappa shape index (κ1) is 15.1. The third kappa shape index (κ3) is 4.11. The second kappa shape index (κ2) is 7.49. The van der Waals surface area contributed by atoms with Crippen molar-refractivity contribution in [3.8, 4) is 0 Å². The van der Waals surface area contributed by atoms with Crippen LogP contribution in [0.15, 0.2) is 36.1 Å². The molecular weight excluding hydrogens is 272 g/mol. The second-order valence-corrected chi connectivity index (χ2v) is 5.78. The van der Waals surface area contributed by atoms with E-state index in [0.29, 0.717) is 17.4 Å². The highest BCUT2D eigenvalue weighted by molar-refractivity contribution is 6.30. The van der Waals surface area contributed by atoms with E-state index in [4.69, 9.17) is 16.3 Å². The zero-order chi connectivity index (χ0) is 14.4. The summed E-state index contributed by atoms with van der Waals surface area (Å²) in [5.74, 6) is 0.698. The first-order valence-corrected chi connectivity index (χ1v) is 7.59. The Morgan fingerprint density at radius 2 is 2.10 bits per heavy atom. The normalized spacial score (nSPS) is 20.9. The largest absolute Gasteiger partial charge is 0.504 e. The summed E-state index contributed by atoms with van der Waals surface area (Å²) in [6.07, 6.45) is 8.13. The van der Waals surface area contributed by atoms with Crippen LogP contribution in [0.2, 0.25) is 5.02 Å². The van der Waals surface area contributed by atoms with Gasteiger partial charge in [0, 0.05) is 17.0 Å². The minimum Gasteiger partial charge on any atom is -0.504 e. The van der Waals surface area contributed by atoms with Gasteiger partial charge in [0.1, 0.15) is 0 Å². The summed E-state index contributed by atoms with van der Waals surface area (Å²) in [7, 11) is 1.69. The number of ether oxygens (including phenoxy) is 1. The summed E-state index contributed by atoms with van der Waals surface area (Å²) in [6.45, 7) is 0. The molecule has 3 heteroatoms. The number of allylic oxidation sites excluding steroid dienone is 1. The van der Waals surface area contributed by atoms with E-state index in [1.54, 1.807) is 31.4 Å². The minimum absolute atomic E-state index is 0.198. The molecule has 1 aromatic rings. The Hall–Kier alpha value is -1.28. The van der Waals surface area contributed by atoms with Crippen LogP contribution >= 0.6 is 11.6 Å². The van der Waals surface area contributed by atoms with Gasteiger partial charge in [0.2, 0.25) is 0 Å². The highest BCUT2D eigenvalue weighted by Gasteiger charge is 2.20. The van der Waals surface area contributed by atoms with Crippen LogP contribution < -0.4 is 0 Å². The molecule has 0 aliphatic heterocycles. The lowest BCUT2D eigenvalue weighted by molar-refractivity contribution is 0.0973. The van der Waals surface area contributed by atoms with Crippen molar-refractivity contribution in [2.45, 2.75) is 38.5 Å². The number of ketones is 1. The van der Waals surface area contributed by atoms with Gasteiger partial charge in [-0.15, -0.1) is 0 Å². The highest BCUT2D eigenvalue weighted by atomic mass is 35.5. The Kier molecular flexibility index (Phi) is 5.66. The average molecular weight is 293 g/mol. The molecule has 1 aromatic carbocycles. The number of carbonyl (C=O) groups excluding carboxylic acids is 1. The molecule has 2 nitrogen and oxygen atoms in total. The van der Waals surface area contributed by atoms with Crippen molar-refractivity contribution >= 4 is 17.4 Å². The molecule has 2 rings (SSSR count). The van der Waals surface area contributed by atoms with E-state index in [2.05, 4.69) is 0 Å². The molecule has 1 fully saturated rings. The molecule has 20 heavy (non-hydrogen) atoms. The van der Waals surface area contributed by atoms with Crippen LogP contribution in [0.3, 0.4) is 0 Å². The molecule has 0 aromatic heterocycles. The number of carbonyl (C=O) groups is 1. The maximum absolute atomic E-state index is 12.2. The van der Waals surface area contributed by atoms with Crippen LogP contribution in [-0.4, -0.2) is 12.9 Å². The number of rotatable bonds is 5. The first-order chi connectivity index (χ1) is 9.70. The minimum atomic E-state index is 0.198. The van der Waals surface area contributed by atoms with Gasteiger partial charge < -0.3 is 4.74 Å². The molecule has 108 valence electrons. The predicted octanol–water partition coefficient (Wildman–Crippen LogP) is 5.02. The molecule has 0 bridgehead atoms. The average Bonchev–Trinajstić information content (AvgIpc) is 2.47. The number of hydrogen-bond acceptors (Lipinski definition) is 2. The number of hydrogen-bond donors (Lipinski definition) is 0. The van der Waals surface area contributed by atoms with Gasteiger partial charge in [-0.05, 0) is 61.4 Å². The number of methoxy groups -OCH3 is 1. The van der Waals surface area contributed by atoms with Crippen molar-refractivity contribution in [2.24, 2.45) is 5.92 Å². The van der Waals surface area contributed by atoms with Gasteiger partial charge in [-0.2, -0.15) is 0 Å². The van der Waals surface area contributed by atoms with Crippen LogP contribution in [-0.2, 0) is 4.74 Å². The van der Waals surface area contributed by atoms with Gasteiger partial charge in [0.05, 0.1) is 13.4 Å². The summed E-state index contributed by atoms with van der Waals surface area (Å²) in [4.78, 5) is 12.2. The van der Waals surface area contributed by atoms with Gasteiger partial charge in [-0.1, -0.05) is 18.0 Å². The third-order valence-electron chi connectivity index (χ3n) is 3.95. The molecule has 1 aliphatic rings. The monoisotopic (exact) mass is 292 g/mol. The fraction of sp³-hybridized carbons (Fsp3) is 0.471. The quantitative estimate of drug-likeness (QED) is 0.562. The lowest BCUT2D eigenvalue weighted by atomic mass is 9.81. The fourth-order valence-electron chi connectivity index (χ4n) is 2.83. The fourth-order valence-corrected chi connectivity index (χ4v) is 2.96. The number of Topliss-reactive ketones (excluding diaryl/α,β-unsaturated/α-hetero) is 1. The Bertz CT molecular complexity index is 476. The van der Waals surface area contributed by atoms with E-state index in [1.807, 2.05) is 6.26 Å². The van der Waals surface area contributed by atoms with E-state index in [9.17, 15) is 4.79 Å². The molecular formula is C17H21ClO2. The summed E-state index contributed by atoms with van der Waals surface area (Å²) in [6, 6.07) is 7.15. The Balaban J connectivity index is 1.92. The first-order valence-electron chi connectivity index (χ1n) is 7.21. The zero-order valence-electron chi connectivity index (χ0n) is 11.9. The summed E-state index contributed by atoms with van der Waals surface area (Å²) in [5, 5.41) is 0.666. The molecule has 1 atom stereocenters. The highest BCUT2D eigenvalue weighted by Crippen LogP contribution is 2.33. The summed E-state index contributed by atoms with van der Waals surface area (Å²) in [5.41, 5.74) is 2.12. The van der Waals surface area contributed by atoms with Crippen molar-refractivity contribution < 1.29 is 9.53 Å². The summed E-state index contributed by atoms with van der Waals surface area (Å²) >= 11 is 5.84. The maximum atomic E-state index is 12.2. The van der Waals surface area contributed by atoms with Crippen LogP contribution in [0.1, 0.15) is 48.9 Å². The van der Waals surface area contributed by atoms with Crippen LogP contribution in [0.25, 0.3) is 0 Å². The van der Waals surface area contributed by atoms with Crippen LogP contribution in [0.5, 0.6) is 0 Å². The molecule has 0 radical (unpaired) electrons. The molecule has 0 saturated heterocycles. The number of benzene rings is 1. The van der Waals surface area contributed by atoms with Crippen molar-refractivity contribution in [1.29, 1.82) is 0 Å². The van der Waals surface area contributed by atoms with E-state index >= 15 is 0 Å². The Labute approximate surface area is 125 Å². The van der Waals surface area contributed by atoms with Crippen molar-refractivity contribution in [1.82, 2.24) is 0 Å². The standard InChI is InChI=1S/C17H21ClO2/c1-20-12-15-5-3-2-4-13(15)8-11-17(19)14-6-9-16(18)10-7-14/h6-7,9-10,12-13H,2-5,8,11H2,1H3/b15-12-. The zero-order valence-corrected chi connectivity index (χ0v) is 12.7. The molecule has 0 heterocycles. The van der Waals surface area contributed by atoms with Gasteiger partial charge in [0.25, 0.3) is 0 Å². The van der Waals surface area contributed by atoms with Gasteiger partial charge >= 0.3 is 0 Å². The second-order valence-electron chi connectivity index (χ2n) is 5.34. The molecule has 0 N–H and O–H groups in total. The molecule has 0 spiro atoms. The molecule has 1 saturated carbocycles. The smallest absolute Gasteiger partial charge is 0.162 e. The lowest BCUT2D eigenvalue weighted by Crippen LogP contribution is -2.12. The molecule has 1 aliphatic carbocycles. The molecule has 1 unspecified atom stereocenters. The van der Waals surface area contributed by atoms with Gasteiger partial charge in [-0.25, -0.2) is 0 Å². The summed E-state index contributed by atoms with van der Waals surface area (Å²) < 4.78 is 5.15. The van der Waals surface area contributed by atoms with Gasteiger partial charge in [0.15, 0.2) is 5.78 Å². The van der Waals surface area contributed by atoms with Crippen molar-refractivity contribution in [2.75, 3.05) is 7.11 Å². The number of halogens is 1. The van der Waals surface area contributed by atoms with Crippen molar-refractivity contribution in [3.05, 3.63) is 46.7 Å². The van der Waals surface area contributed by atoms with Crippen LogP contribution in [0, 0.1) is 5.92 Å².